The minimum atomic E-state index is -4.20. The van der Waals surface area contributed by atoms with Crippen LogP contribution in [0.2, 0.25) is 0 Å². The molecule has 0 heterocycles. The largest absolute Gasteiger partial charge is 0.555 e. The maximum atomic E-state index is 11.4. The summed E-state index contributed by atoms with van der Waals surface area (Å²) < 4.78 is 20.5. The third-order valence-corrected chi connectivity index (χ3v) is 3.49. The number of aryl methyl sites for hydroxylation is 1. The lowest BCUT2D eigenvalue weighted by molar-refractivity contribution is -0.216. The highest BCUT2D eigenvalue weighted by Gasteiger charge is 2.24. The maximum absolute atomic E-state index is 11.4. The Balaban J connectivity index is 2.74. The van der Waals surface area contributed by atoms with Gasteiger partial charge in [0.15, 0.2) is 0 Å². The van der Waals surface area contributed by atoms with Crippen LogP contribution in [0.1, 0.15) is 12.5 Å². The Morgan fingerprint density at radius 1 is 1.47 bits per heavy atom. The molecule has 17 heavy (non-hydrogen) atoms. The molecule has 1 unspecified atom stereocenters. The van der Waals surface area contributed by atoms with Gasteiger partial charge in [-0.1, -0.05) is 0 Å². The zero-order chi connectivity index (χ0) is 12.9. The van der Waals surface area contributed by atoms with Gasteiger partial charge in [0.2, 0.25) is 0 Å². The van der Waals surface area contributed by atoms with Crippen LogP contribution in [0.5, 0.6) is 5.75 Å². The molecule has 0 saturated heterocycles. The number of phosphoric acid groups is 1. The van der Waals surface area contributed by atoms with Crippen molar-refractivity contribution in [3.05, 3.63) is 23.8 Å². The van der Waals surface area contributed by atoms with Gasteiger partial charge in [-0.15, -0.1) is 16.4 Å². The van der Waals surface area contributed by atoms with Gasteiger partial charge in [-0.05, 0) is 43.9 Å². The number of hydrogen-bond acceptors (Lipinski definition) is 5. The van der Waals surface area contributed by atoms with Gasteiger partial charge in [-0.25, -0.2) is 9.45 Å². The Morgan fingerprint density at radius 3 is 2.71 bits per heavy atom. The minimum Gasteiger partial charge on any atom is -0.403 e. The Labute approximate surface area is 105 Å². The molecule has 7 heteroatoms. The van der Waals surface area contributed by atoms with Gasteiger partial charge in [0.25, 0.3) is 0 Å². The summed E-state index contributed by atoms with van der Waals surface area (Å²) in [5.41, 5.74) is 0.964. The first kappa shape index (κ1) is 14.5. The van der Waals surface area contributed by atoms with Crippen molar-refractivity contribution in [1.29, 1.82) is 0 Å². The van der Waals surface area contributed by atoms with Gasteiger partial charge in [-0.2, -0.15) is 0 Å². The van der Waals surface area contributed by atoms with Gasteiger partial charge in [0.05, 0.1) is 6.61 Å². The predicted molar refractivity (Wildman–Crippen MR) is 66.1 cm³/mol. The van der Waals surface area contributed by atoms with E-state index in [0.717, 1.165) is 10.5 Å². The van der Waals surface area contributed by atoms with Crippen molar-refractivity contribution in [3.8, 4) is 5.75 Å². The SMILES string of the molecule is CCOOP(=O)(O)Oc1ccc(SC)c(C)c1. The van der Waals surface area contributed by atoms with Crippen LogP contribution in [0.4, 0.5) is 0 Å². The number of thioether (sulfide) groups is 1. The standard InChI is InChI=1S/C10H15O5PS/c1-4-13-15-16(11,12)14-9-5-6-10(17-3)8(2)7-9/h5-7H,4H2,1-3H3,(H,11,12). The van der Waals surface area contributed by atoms with Crippen LogP contribution in [-0.2, 0) is 14.1 Å². The van der Waals surface area contributed by atoms with E-state index in [4.69, 9.17) is 4.52 Å². The van der Waals surface area contributed by atoms with Gasteiger partial charge in [-0.3, -0.25) is 4.89 Å². The van der Waals surface area contributed by atoms with Crippen LogP contribution in [0.25, 0.3) is 0 Å². The lowest BCUT2D eigenvalue weighted by atomic mass is 10.2. The zero-order valence-corrected chi connectivity index (χ0v) is 11.6. The number of rotatable bonds is 6. The molecule has 1 atom stereocenters. The first-order valence-electron chi connectivity index (χ1n) is 4.96. The van der Waals surface area contributed by atoms with Crippen molar-refractivity contribution in [2.45, 2.75) is 18.7 Å². The quantitative estimate of drug-likeness (QED) is 0.373. The molecule has 1 N–H and O–H groups in total. The molecule has 1 aromatic carbocycles. The van der Waals surface area contributed by atoms with Crippen LogP contribution in [-0.4, -0.2) is 17.8 Å². The summed E-state index contributed by atoms with van der Waals surface area (Å²) in [7, 11) is -4.20. The molecule has 96 valence electrons. The van der Waals surface area contributed by atoms with E-state index in [9.17, 15) is 9.46 Å². The summed E-state index contributed by atoms with van der Waals surface area (Å²) in [4.78, 5) is 14.8. The predicted octanol–water partition coefficient (Wildman–Crippen LogP) is 3.16. The van der Waals surface area contributed by atoms with Crippen molar-refractivity contribution >= 4 is 19.6 Å². The molecule has 0 saturated carbocycles. The van der Waals surface area contributed by atoms with E-state index in [0.29, 0.717) is 0 Å². The Bertz CT molecular complexity index is 423. The average molecular weight is 278 g/mol. The van der Waals surface area contributed by atoms with Crippen LogP contribution < -0.4 is 4.52 Å². The number of hydrogen-bond donors (Lipinski definition) is 1. The molecule has 0 spiro atoms. The fourth-order valence-corrected chi connectivity index (χ4v) is 2.41. The van der Waals surface area contributed by atoms with Crippen molar-refractivity contribution in [2.75, 3.05) is 12.9 Å². The summed E-state index contributed by atoms with van der Waals surface area (Å²) in [5, 5.41) is 0. The third kappa shape index (κ3) is 4.69. The van der Waals surface area contributed by atoms with Crippen molar-refractivity contribution in [1.82, 2.24) is 0 Å². The second kappa shape index (κ2) is 6.42. The fourth-order valence-electron chi connectivity index (χ4n) is 1.18. The summed E-state index contributed by atoms with van der Waals surface area (Å²) >= 11 is 1.59. The molecule has 0 radical (unpaired) electrons. The first-order valence-corrected chi connectivity index (χ1v) is 7.68. The van der Waals surface area contributed by atoms with Gasteiger partial charge >= 0.3 is 7.82 Å². The highest BCUT2D eigenvalue weighted by atomic mass is 32.2. The van der Waals surface area contributed by atoms with E-state index < -0.39 is 7.82 Å². The van der Waals surface area contributed by atoms with Crippen molar-refractivity contribution in [3.63, 3.8) is 0 Å². The van der Waals surface area contributed by atoms with Crippen LogP contribution in [0.3, 0.4) is 0 Å². The molecule has 0 aliphatic heterocycles. The second-order valence-electron chi connectivity index (χ2n) is 3.17. The summed E-state index contributed by atoms with van der Waals surface area (Å²) in [5.74, 6) is 0.269. The monoisotopic (exact) mass is 278 g/mol. The van der Waals surface area contributed by atoms with Gasteiger partial charge in [0, 0.05) is 4.90 Å². The van der Waals surface area contributed by atoms with E-state index >= 15 is 0 Å². The average Bonchev–Trinajstić information content (AvgIpc) is 2.26. The maximum Gasteiger partial charge on any atom is 0.555 e. The van der Waals surface area contributed by atoms with Crippen LogP contribution >= 0.6 is 19.6 Å². The molecule has 5 nitrogen and oxygen atoms in total. The van der Waals surface area contributed by atoms with Gasteiger partial charge < -0.3 is 4.52 Å². The fraction of sp³-hybridized carbons (Fsp3) is 0.400. The molecule has 0 aromatic heterocycles. The minimum absolute atomic E-state index is 0.165. The molecular weight excluding hydrogens is 263 g/mol. The smallest absolute Gasteiger partial charge is 0.403 e. The highest BCUT2D eigenvalue weighted by Crippen LogP contribution is 2.44. The third-order valence-electron chi connectivity index (χ3n) is 1.85. The molecule has 0 aliphatic rings. The van der Waals surface area contributed by atoms with E-state index in [2.05, 4.69) is 9.56 Å². The molecular formula is C10H15O5PS. The van der Waals surface area contributed by atoms with E-state index in [1.165, 1.54) is 0 Å². The topological polar surface area (TPSA) is 65.0 Å². The van der Waals surface area contributed by atoms with Gasteiger partial charge in [0.1, 0.15) is 5.75 Å². The Morgan fingerprint density at radius 2 is 2.18 bits per heavy atom. The number of phosphoric ester groups is 1. The summed E-state index contributed by atoms with van der Waals surface area (Å²) in [6, 6.07) is 5.09. The molecule has 1 aromatic rings. The number of benzene rings is 1. The highest BCUT2D eigenvalue weighted by molar-refractivity contribution is 7.98. The lowest BCUT2D eigenvalue weighted by Crippen LogP contribution is -1.98. The van der Waals surface area contributed by atoms with Crippen molar-refractivity contribution in [2.24, 2.45) is 0 Å². The molecule has 0 bridgehead atoms. The summed E-state index contributed by atoms with van der Waals surface area (Å²) in [6.45, 7) is 3.69. The first-order chi connectivity index (χ1) is 7.98. The van der Waals surface area contributed by atoms with Crippen LogP contribution in [0, 0.1) is 6.92 Å². The Kier molecular flexibility index (Phi) is 5.49. The zero-order valence-electron chi connectivity index (χ0n) is 9.87. The molecule has 0 aliphatic carbocycles. The second-order valence-corrected chi connectivity index (χ2v) is 5.29. The van der Waals surface area contributed by atoms with Crippen LogP contribution in [0.15, 0.2) is 23.1 Å². The summed E-state index contributed by atoms with van der Waals surface area (Å²) in [6.07, 6.45) is 1.96. The molecule has 0 amide bonds. The van der Waals surface area contributed by atoms with E-state index in [1.54, 1.807) is 30.8 Å². The van der Waals surface area contributed by atoms with Crippen molar-refractivity contribution < 1.29 is 23.5 Å². The molecule has 0 fully saturated rings. The Hall–Kier alpha value is -0.520. The van der Waals surface area contributed by atoms with E-state index in [1.807, 2.05) is 19.2 Å². The lowest BCUT2D eigenvalue weighted by Gasteiger charge is -2.12. The molecule has 1 rings (SSSR count). The van der Waals surface area contributed by atoms with E-state index in [-0.39, 0.29) is 12.4 Å². The normalized spacial score (nSPS) is 14.4.